The van der Waals surface area contributed by atoms with Crippen LogP contribution in [0.15, 0.2) is 29.0 Å². The first-order chi connectivity index (χ1) is 13.2. The molecule has 28 heavy (non-hydrogen) atoms. The van der Waals surface area contributed by atoms with E-state index in [9.17, 15) is 9.59 Å². The summed E-state index contributed by atoms with van der Waals surface area (Å²) >= 11 is 3.39. The largest absolute Gasteiger partial charge is 0.464 e. The van der Waals surface area contributed by atoms with Crippen LogP contribution in [0.2, 0.25) is 0 Å². The zero-order valence-corrected chi connectivity index (χ0v) is 18.0. The van der Waals surface area contributed by atoms with Gasteiger partial charge in [0, 0.05) is 23.6 Å². The number of halogens is 1. The van der Waals surface area contributed by atoms with Crippen LogP contribution in [0.25, 0.3) is 11.5 Å². The Morgan fingerprint density at radius 2 is 2.04 bits per heavy atom. The highest BCUT2D eigenvalue weighted by molar-refractivity contribution is 9.09. The van der Waals surface area contributed by atoms with Crippen LogP contribution in [-0.2, 0) is 9.47 Å². The number of aromatic nitrogens is 2. The smallest absolute Gasteiger partial charge is 0.416 e. The lowest BCUT2D eigenvalue weighted by atomic mass is 10.2. The molecule has 0 aliphatic heterocycles. The maximum atomic E-state index is 12.7. The standard InChI is InChI=1S/C19H24BrN3O5/c1-19(2,3)28-18(25)23(10-6-5-8-20)15-11-13(7-9-21-15)16-22-14(12-27-16)17(24)26-4/h7,9,11-12H,5-6,8,10H2,1-4H3. The summed E-state index contributed by atoms with van der Waals surface area (Å²) in [6.07, 6.45) is 3.98. The van der Waals surface area contributed by atoms with Crippen molar-refractivity contribution in [1.82, 2.24) is 9.97 Å². The monoisotopic (exact) mass is 453 g/mol. The second-order valence-corrected chi connectivity index (χ2v) is 7.75. The molecule has 0 radical (unpaired) electrons. The van der Waals surface area contributed by atoms with E-state index in [0.717, 1.165) is 18.2 Å². The van der Waals surface area contributed by atoms with E-state index in [1.807, 2.05) is 20.8 Å². The third-order valence-corrected chi connectivity index (χ3v) is 4.11. The molecular formula is C19H24BrN3O5. The number of anilines is 1. The van der Waals surface area contributed by atoms with Crippen LogP contribution in [0.5, 0.6) is 0 Å². The summed E-state index contributed by atoms with van der Waals surface area (Å²) in [6.45, 7) is 5.89. The summed E-state index contributed by atoms with van der Waals surface area (Å²) in [5, 5.41) is 0.843. The molecule has 2 heterocycles. The van der Waals surface area contributed by atoms with Crippen molar-refractivity contribution in [2.24, 2.45) is 0 Å². The predicted octanol–water partition coefficient (Wildman–Crippen LogP) is 4.44. The Labute approximate surface area is 172 Å². The molecule has 0 N–H and O–H groups in total. The molecule has 8 nitrogen and oxygen atoms in total. The molecule has 152 valence electrons. The van der Waals surface area contributed by atoms with E-state index in [4.69, 9.17) is 9.15 Å². The van der Waals surface area contributed by atoms with Crippen molar-refractivity contribution in [3.8, 4) is 11.5 Å². The third kappa shape index (κ3) is 6.05. The van der Waals surface area contributed by atoms with E-state index in [-0.39, 0.29) is 11.6 Å². The van der Waals surface area contributed by atoms with Crippen LogP contribution in [0.1, 0.15) is 44.1 Å². The quantitative estimate of drug-likeness (QED) is 0.347. The van der Waals surface area contributed by atoms with Crippen LogP contribution >= 0.6 is 15.9 Å². The fraction of sp³-hybridized carbons (Fsp3) is 0.474. The number of hydrogen-bond acceptors (Lipinski definition) is 7. The summed E-state index contributed by atoms with van der Waals surface area (Å²) in [5.74, 6) is 0.0576. The van der Waals surface area contributed by atoms with Gasteiger partial charge < -0.3 is 13.9 Å². The molecule has 0 saturated heterocycles. The Morgan fingerprint density at radius 3 is 2.68 bits per heavy atom. The van der Waals surface area contributed by atoms with E-state index in [0.29, 0.717) is 17.9 Å². The van der Waals surface area contributed by atoms with Crippen LogP contribution < -0.4 is 4.90 Å². The number of unbranched alkanes of at least 4 members (excludes halogenated alkanes) is 1. The highest BCUT2D eigenvalue weighted by Gasteiger charge is 2.24. The molecule has 0 aliphatic rings. The minimum atomic E-state index is -0.625. The molecule has 2 aromatic heterocycles. The molecule has 2 rings (SSSR count). The lowest BCUT2D eigenvalue weighted by Gasteiger charge is -2.27. The summed E-state index contributed by atoms with van der Waals surface area (Å²) in [7, 11) is 1.27. The number of oxazole rings is 1. The number of amides is 1. The Kier molecular flexibility index (Phi) is 7.56. The minimum Gasteiger partial charge on any atom is -0.464 e. The molecule has 0 spiro atoms. The van der Waals surface area contributed by atoms with Gasteiger partial charge in [0.2, 0.25) is 5.89 Å². The molecule has 0 bridgehead atoms. The predicted molar refractivity (Wildman–Crippen MR) is 108 cm³/mol. The molecule has 0 aliphatic carbocycles. The first-order valence-electron chi connectivity index (χ1n) is 8.82. The number of alkyl halides is 1. The zero-order chi connectivity index (χ0) is 20.7. The van der Waals surface area contributed by atoms with Gasteiger partial charge in [-0.3, -0.25) is 4.90 Å². The number of carbonyl (C=O) groups excluding carboxylic acids is 2. The lowest BCUT2D eigenvalue weighted by Crippen LogP contribution is -2.38. The number of nitrogens with zero attached hydrogens (tertiary/aromatic N) is 3. The van der Waals surface area contributed by atoms with Gasteiger partial charge in [0.15, 0.2) is 5.69 Å². The Morgan fingerprint density at radius 1 is 1.29 bits per heavy atom. The van der Waals surface area contributed by atoms with Crippen molar-refractivity contribution in [3.05, 3.63) is 30.3 Å². The lowest BCUT2D eigenvalue weighted by molar-refractivity contribution is 0.0574. The first-order valence-corrected chi connectivity index (χ1v) is 9.94. The van der Waals surface area contributed by atoms with E-state index < -0.39 is 17.7 Å². The number of ether oxygens (including phenoxy) is 2. The number of hydrogen-bond donors (Lipinski definition) is 0. The van der Waals surface area contributed by atoms with Crippen molar-refractivity contribution >= 4 is 33.8 Å². The van der Waals surface area contributed by atoms with Crippen molar-refractivity contribution < 1.29 is 23.5 Å². The van der Waals surface area contributed by atoms with Gasteiger partial charge in [-0.15, -0.1) is 0 Å². The van der Waals surface area contributed by atoms with Gasteiger partial charge in [-0.1, -0.05) is 15.9 Å². The highest BCUT2D eigenvalue weighted by atomic mass is 79.9. The van der Waals surface area contributed by atoms with E-state index in [2.05, 4.69) is 30.6 Å². The molecule has 0 unspecified atom stereocenters. The van der Waals surface area contributed by atoms with Gasteiger partial charge in [0.1, 0.15) is 17.7 Å². The molecule has 0 saturated carbocycles. The van der Waals surface area contributed by atoms with E-state index in [1.165, 1.54) is 18.3 Å². The first kappa shape index (κ1) is 21.9. The summed E-state index contributed by atoms with van der Waals surface area (Å²) in [4.78, 5) is 34.2. The second kappa shape index (κ2) is 9.68. The van der Waals surface area contributed by atoms with Gasteiger partial charge in [-0.25, -0.2) is 19.6 Å². The van der Waals surface area contributed by atoms with Crippen molar-refractivity contribution in [2.75, 3.05) is 23.9 Å². The van der Waals surface area contributed by atoms with Gasteiger partial charge in [-0.05, 0) is 45.7 Å². The fourth-order valence-corrected chi connectivity index (χ4v) is 2.68. The zero-order valence-electron chi connectivity index (χ0n) is 16.4. The normalized spacial score (nSPS) is 11.2. The molecule has 9 heteroatoms. The number of methoxy groups -OCH3 is 1. The van der Waals surface area contributed by atoms with Gasteiger partial charge >= 0.3 is 12.1 Å². The van der Waals surface area contributed by atoms with Gasteiger partial charge in [0.25, 0.3) is 0 Å². The SMILES string of the molecule is COC(=O)c1coc(-c2ccnc(N(CCCCBr)C(=O)OC(C)(C)C)c2)n1. The average molecular weight is 454 g/mol. The molecule has 1 amide bonds. The number of esters is 1. The van der Waals surface area contributed by atoms with Gasteiger partial charge in [-0.2, -0.15) is 0 Å². The van der Waals surface area contributed by atoms with Crippen LogP contribution in [-0.4, -0.2) is 46.6 Å². The number of pyridine rings is 1. The average Bonchev–Trinajstić information content (AvgIpc) is 3.13. The maximum Gasteiger partial charge on any atom is 0.416 e. The number of rotatable bonds is 7. The molecule has 0 aromatic carbocycles. The Balaban J connectivity index is 2.30. The minimum absolute atomic E-state index is 0.0668. The van der Waals surface area contributed by atoms with Crippen LogP contribution in [0, 0.1) is 0 Å². The Hall–Kier alpha value is -2.42. The summed E-state index contributed by atoms with van der Waals surface area (Å²) in [6, 6.07) is 3.35. The highest BCUT2D eigenvalue weighted by Crippen LogP contribution is 2.24. The maximum absolute atomic E-state index is 12.7. The van der Waals surface area contributed by atoms with E-state index >= 15 is 0 Å². The van der Waals surface area contributed by atoms with Crippen LogP contribution in [0.3, 0.4) is 0 Å². The summed E-state index contributed by atoms with van der Waals surface area (Å²) in [5.41, 5.74) is 0.0201. The van der Waals surface area contributed by atoms with Crippen molar-refractivity contribution in [1.29, 1.82) is 0 Å². The Bertz CT molecular complexity index is 816. The fourth-order valence-electron chi connectivity index (χ4n) is 2.28. The molecule has 0 fully saturated rings. The number of carbonyl (C=O) groups is 2. The third-order valence-electron chi connectivity index (χ3n) is 3.55. The topological polar surface area (TPSA) is 94.8 Å². The van der Waals surface area contributed by atoms with E-state index in [1.54, 1.807) is 18.3 Å². The second-order valence-electron chi connectivity index (χ2n) is 6.96. The van der Waals surface area contributed by atoms with Crippen molar-refractivity contribution in [2.45, 2.75) is 39.2 Å². The van der Waals surface area contributed by atoms with Gasteiger partial charge in [0.05, 0.1) is 7.11 Å². The summed E-state index contributed by atoms with van der Waals surface area (Å²) < 4.78 is 15.5. The van der Waals surface area contributed by atoms with Crippen molar-refractivity contribution in [3.63, 3.8) is 0 Å². The molecule has 0 atom stereocenters. The molecular weight excluding hydrogens is 430 g/mol. The van der Waals surface area contributed by atoms with Crippen LogP contribution in [0.4, 0.5) is 10.6 Å². The molecule has 2 aromatic rings.